The van der Waals surface area contributed by atoms with Gasteiger partial charge in [0.05, 0.1) is 34.0 Å². The van der Waals surface area contributed by atoms with Crippen LogP contribution in [0.4, 0.5) is 18.9 Å². The molecule has 3 nitrogen and oxygen atoms in total. The van der Waals surface area contributed by atoms with Crippen molar-refractivity contribution in [3.63, 3.8) is 0 Å². The fourth-order valence-corrected chi connectivity index (χ4v) is 1.27. The minimum atomic E-state index is -4.48. The molecule has 0 aliphatic carbocycles. The quantitative estimate of drug-likeness (QED) is 0.472. The monoisotopic (exact) mass is 330 g/mol. The molecule has 1 amide bonds. The van der Waals surface area contributed by atoms with E-state index in [9.17, 15) is 18.0 Å². The zero-order chi connectivity index (χ0) is 11.6. The van der Waals surface area contributed by atoms with Crippen LogP contribution in [0.15, 0.2) is 18.2 Å². The molecule has 1 aromatic rings. The van der Waals surface area contributed by atoms with Crippen LogP contribution in [-0.4, -0.2) is 5.91 Å². The first-order valence-electron chi connectivity index (χ1n) is 3.74. The Labute approximate surface area is 97.3 Å². The van der Waals surface area contributed by atoms with Gasteiger partial charge in [-0.3, -0.25) is 8.32 Å². The molecule has 0 bridgehead atoms. The first-order valence-corrected chi connectivity index (χ1v) is 4.82. The Hall–Kier alpha value is -0.990. The number of nitrogen functional groups attached to an aromatic ring is 1. The lowest BCUT2D eigenvalue weighted by molar-refractivity contribution is -0.137. The lowest BCUT2D eigenvalue weighted by Gasteiger charge is -2.09. The maximum Gasteiger partial charge on any atom is 0.416 e. The van der Waals surface area contributed by atoms with Gasteiger partial charge in [0.1, 0.15) is 0 Å². The van der Waals surface area contributed by atoms with Crippen molar-refractivity contribution >= 4 is 34.5 Å². The number of anilines is 1. The normalized spacial score (nSPS) is 11.2. The summed E-state index contributed by atoms with van der Waals surface area (Å²) in [7, 11) is 0. The number of hydrogen-bond donors (Lipinski definition) is 2. The van der Waals surface area contributed by atoms with Crippen LogP contribution in [0.25, 0.3) is 0 Å². The molecule has 0 saturated carbocycles. The number of hydrogen-bond acceptors (Lipinski definition) is 2. The number of amides is 1. The van der Waals surface area contributed by atoms with Crippen molar-refractivity contribution in [3.05, 3.63) is 29.3 Å². The molecule has 1 rings (SSSR count). The Morgan fingerprint density at radius 2 is 2.00 bits per heavy atom. The molecule has 7 heteroatoms. The molecule has 0 atom stereocenters. The summed E-state index contributed by atoms with van der Waals surface area (Å²) in [6.07, 6.45) is -4.48. The predicted octanol–water partition coefficient (Wildman–Crippen LogP) is 2.37. The molecular formula is C8H6F3IN2O. The summed E-state index contributed by atoms with van der Waals surface area (Å²) >= 11 is 1.53. The Balaban J connectivity index is 3.23. The van der Waals surface area contributed by atoms with E-state index in [4.69, 9.17) is 5.73 Å². The summed E-state index contributed by atoms with van der Waals surface area (Å²) in [4.78, 5) is 11.1. The molecule has 0 radical (unpaired) electrons. The van der Waals surface area contributed by atoms with Crippen molar-refractivity contribution in [1.29, 1.82) is 0 Å². The van der Waals surface area contributed by atoms with E-state index in [1.165, 1.54) is 22.9 Å². The largest absolute Gasteiger partial charge is 0.416 e. The van der Waals surface area contributed by atoms with Crippen LogP contribution >= 0.6 is 22.9 Å². The molecule has 82 valence electrons. The standard InChI is InChI=1S/C8H6F3IN2O/c9-8(10,11)4-1-2-6(13)5(3-4)7(15)14-12/h1-3H,13H2,(H,14,15). The van der Waals surface area contributed by atoms with Crippen molar-refractivity contribution < 1.29 is 18.0 Å². The van der Waals surface area contributed by atoms with Crippen LogP contribution in [0.3, 0.4) is 0 Å². The van der Waals surface area contributed by atoms with Gasteiger partial charge in [0.25, 0.3) is 5.91 Å². The Morgan fingerprint density at radius 1 is 1.40 bits per heavy atom. The smallest absolute Gasteiger partial charge is 0.398 e. The summed E-state index contributed by atoms with van der Waals surface area (Å²) in [5.41, 5.74) is 4.31. The highest BCUT2D eigenvalue weighted by Gasteiger charge is 2.31. The van der Waals surface area contributed by atoms with Gasteiger partial charge in [0, 0.05) is 5.69 Å². The van der Waals surface area contributed by atoms with Gasteiger partial charge in [-0.1, -0.05) is 0 Å². The molecule has 0 aromatic heterocycles. The third-order valence-electron chi connectivity index (χ3n) is 1.71. The van der Waals surface area contributed by atoms with E-state index in [1.54, 1.807) is 0 Å². The first-order chi connectivity index (χ1) is 6.86. The highest BCUT2D eigenvalue weighted by atomic mass is 127. The van der Waals surface area contributed by atoms with E-state index in [1.807, 2.05) is 0 Å². The number of nitrogens with one attached hydrogen (secondary N) is 1. The van der Waals surface area contributed by atoms with Gasteiger partial charge in [0.2, 0.25) is 0 Å². The van der Waals surface area contributed by atoms with Crippen LogP contribution in [0, 0.1) is 0 Å². The van der Waals surface area contributed by atoms with Crippen LogP contribution in [0.5, 0.6) is 0 Å². The second-order valence-corrected chi connectivity index (χ2v) is 3.26. The minimum Gasteiger partial charge on any atom is -0.398 e. The van der Waals surface area contributed by atoms with Gasteiger partial charge in [-0.2, -0.15) is 13.2 Å². The van der Waals surface area contributed by atoms with Crippen molar-refractivity contribution in [2.24, 2.45) is 0 Å². The van der Waals surface area contributed by atoms with Crippen molar-refractivity contribution in [2.75, 3.05) is 5.73 Å². The topological polar surface area (TPSA) is 55.1 Å². The van der Waals surface area contributed by atoms with Crippen molar-refractivity contribution in [1.82, 2.24) is 3.53 Å². The van der Waals surface area contributed by atoms with E-state index >= 15 is 0 Å². The SMILES string of the molecule is Nc1ccc(C(F)(F)F)cc1C(=O)NI. The molecule has 0 heterocycles. The van der Waals surface area contributed by atoms with Gasteiger partial charge >= 0.3 is 6.18 Å². The van der Waals surface area contributed by atoms with Gasteiger partial charge in [0.15, 0.2) is 0 Å². The Bertz CT molecular complexity index is 392. The summed E-state index contributed by atoms with van der Waals surface area (Å²) < 4.78 is 39.1. The molecule has 0 aliphatic heterocycles. The molecule has 0 saturated heterocycles. The molecule has 0 fully saturated rings. The van der Waals surface area contributed by atoms with Crippen molar-refractivity contribution in [2.45, 2.75) is 6.18 Å². The third kappa shape index (κ3) is 2.74. The van der Waals surface area contributed by atoms with E-state index in [0.717, 1.165) is 18.2 Å². The molecule has 3 N–H and O–H groups in total. The van der Waals surface area contributed by atoms with Gasteiger partial charge in [-0.05, 0) is 18.2 Å². The van der Waals surface area contributed by atoms with Crippen LogP contribution < -0.4 is 9.26 Å². The summed E-state index contributed by atoms with van der Waals surface area (Å²) in [5.74, 6) is -0.654. The Morgan fingerprint density at radius 3 is 2.47 bits per heavy atom. The maximum atomic E-state index is 12.3. The average molecular weight is 330 g/mol. The minimum absolute atomic E-state index is 0.0113. The Kier molecular flexibility index (Phi) is 3.42. The molecule has 15 heavy (non-hydrogen) atoms. The number of alkyl halides is 3. The molecule has 1 aromatic carbocycles. The second kappa shape index (κ2) is 4.25. The second-order valence-electron chi connectivity index (χ2n) is 2.72. The maximum absolute atomic E-state index is 12.3. The average Bonchev–Trinajstić information content (AvgIpc) is 2.15. The number of halogens is 4. The van der Waals surface area contributed by atoms with Gasteiger partial charge in [-0.25, -0.2) is 0 Å². The van der Waals surface area contributed by atoms with E-state index in [-0.39, 0.29) is 11.3 Å². The number of rotatable bonds is 1. The van der Waals surface area contributed by atoms with E-state index in [2.05, 4.69) is 3.53 Å². The number of carbonyl (C=O) groups is 1. The molecule has 0 unspecified atom stereocenters. The van der Waals surface area contributed by atoms with Crippen LogP contribution in [0.2, 0.25) is 0 Å². The van der Waals surface area contributed by atoms with Gasteiger partial charge < -0.3 is 5.73 Å². The zero-order valence-corrected chi connectivity index (χ0v) is 9.39. The third-order valence-corrected chi connectivity index (χ3v) is 2.20. The van der Waals surface area contributed by atoms with E-state index in [0.29, 0.717) is 0 Å². The number of carbonyl (C=O) groups excluding carboxylic acids is 1. The lowest BCUT2D eigenvalue weighted by Crippen LogP contribution is -2.16. The fraction of sp³-hybridized carbons (Fsp3) is 0.125. The fourth-order valence-electron chi connectivity index (χ4n) is 0.980. The molecule has 0 spiro atoms. The summed E-state index contributed by atoms with van der Waals surface area (Å²) in [5, 5.41) is 0. The van der Waals surface area contributed by atoms with Crippen molar-refractivity contribution in [3.8, 4) is 0 Å². The van der Waals surface area contributed by atoms with Crippen LogP contribution in [0.1, 0.15) is 15.9 Å². The number of benzene rings is 1. The highest BCUT2D eigenvalue weighted by molar-refractivity contribution is 14.1. The summed E-state index contributed by atoms with van der Waals surface area (Å²) in [6, 6.07) is 2.62. The predicted molar refractivity (Wildman–Crippen MR) is 57.3 cm³/mol. The number of nitrogens with two attached hydrogens (primary N) is 1. The first kappa shape index (κ1) is 12.1. The summed E-state index contributed by atoms with van der Waals surface area (Å²) in [6.45, 7) is 0. The highest BCUT2D eigenvalue weighted by Crippen LogP contribution is 2.31. The van der Waals surface area contributed by atoms with Crippen LogP contribution in [-0.2, 0) is 6.18 Å². The lowest BCUT2D eigenvalue weighted by atomic mass is 10.1. The zero-order valence-electron chi connectivity index (χ0n) is 7.23. The molecule has 0 aliphatic rings. The van der Waals surface area contributed by atoms with E-state index < -0.39 is 17.6 Å². The molecular weight excluding hydrogens is 324 g/mol. The van der Waals surface area contributed by atoms with Gasteiger partial charge in [-0.15, -0.1) is 0 Å².